The fourth-order valence-corrected chi connectivity index (χ4v) is 3.01. The van der Waals surface area contributed by atoms with Gasteiger partial charge in [0.1, 0.15) is 5.82 Å². The van der Waals surface area contributed by atoms with E-state index in [9.17, 15) is 0 Å². The van der Waals surface area contributed by atoms with E-state index in [0.29, 0.717) is 12.1 Å². The standard InChI is InChI=1S/C17H23N3/c1-3-16(17-18-8-9-19-17)20-15-10-14(11-15)13-6-4-12(2)5-7-13/h4-9,14-16,20H,3,10-11H2,1-2H3,(H,18,19). The highest BCUT2D eigenvalue weighted by Crippen LogP contribution is 2.38. The second-order valence-corrected chi connectivity index (χ2v) is 5.88. The summed E-state index contributed by atoms with van der Waals surface area (Å²) >= 11 is 0. The van der Waals surface area contributed by atoms with Crippen molar-refractivity contribution >= 4 is 0 Å². The van der Waals surface area contributed by atoms with Gasteiger partial charge in [-0.3, -0.25) is 0 Å². The zero-order valence-electron chi connectivity index (χ0n) is 12.3. The molecule has 2 aromatic rings. The molecule has 3 heteroatoms. The molecule has 1 heterocycles. The molecule has 0 spiro atoms. The number of aryl methyl sites for hydroxylation is 1. The van der Waals surface area contributed by atoms with Crippen LogP contribution in [0.15, 0.2) is 36.7 Å². The molecule has 3 rings (SSSR count). The minimum Gasteiger partial charge on any atom is -0.347 e. The molecule has 20 heavy (non-hydrogen) atoms. The molecule has 0 aliphatic heterocycles. The number of hydrogen-bond donors (Lipinski definition) is 2. The summed E-state index contributed by atoms with van der Waals surface area (Å²) in [6, 6.07) is 9.96. The number of hydrogen-bond acceptors (Lipinski definition) is 2. The monoisotopic (exact) mass is 269 g/mol. The molecule has 1 aromatic carbocycles. The molecular formula is C17H23N3. The second-order valence-electron chi connectivity index (χ2n) is 5.88. The van der Waals surface area contributed by atoms with Crippen LogP contribution in [0.5, 0.6) is 0 Å². The van der Waals surface area contributed by atoms with Crippen LogP contribution < -0.4 is 5.32 Å². The third kappa shape index (κ3) is 2.78. The van der Waals surface area contributed by atoms with Gasteiger partial charge in [0.05, 0.1) is 6.04 Å². The van der Waals surface area contributed by atoms with Crippen LogP contribution in [0.3, 0.4) is 0 Å². The van der Waals surface area contributed by atoms with E-state index in [1.807, 2.05) is 12.4 Å². The van der Waals surface area contributed by atoms with Gasteiger partial charge < -0.3 is 10.3 Å². The lowest BCUT2D eigenvalue weighted by molar-refractivity contribution is 0.259. The molecular weight excluding hydrogens is 246 g/mol. The molecule has 3 nitrogen and oxygen atoms in total. The summed E-state index contributed by atoms with van der Waals surface area (Å²) in [6.07, 6.45) is 7.27. The third-order valence-electron chi connectivity index (χ3n) is 4.38. The summed E-state index contributed by atoms with van der Waals surface area (Å²) in [5, 5.41) is 3.72. The fourth-order valence-electron chi connectivity index (χ4n) is 3.01. The van der Waals surface area contributed by atoms with Gasteiger partial charge in [-0.25, -0.2) is 4.98 Å². The van der Waals surface area contributed by atoms with Crippen molar-refractivity contribution in [2.24, 2.45) is 0 Å². The molecule has 1 fully saturated rings. The van der Waals surface area contributed by atoms with E-state index in [-0.39, 0.29) is 0 Å². The van der Waals surface area contributed by atoms with Crippen LogP contribution in [0.2, 0.25) is 0 Å². The van der Waals surface area contributed by atoms with Crippen LogP contribution in [0.25, 0.3) is 0 Å². The molecule has 1 aliphatic carbocycles. The van der Waals surface area contributed by atoms with Crippen molar-refractivity contribution in [1.29, 1.82) is 0 Å². The predicted octanol–water partition coefficient (Wildman–Crippen LogP) is 3.71. The van der Waals surface area contributed by atoms with E-state index in [4.69, 9.17) is 0 Å². The highest BCUT2D eigenvalue weighted by atomic mass is 15.0. The Kier molecular flexibility index (Phi) is 3.88. The van der Waals surface area contributed by atoms with Gasteiger partial charge in [0, 0.05) is 18.4 Å². The summed E-state index contributed by atoms with van der Waals surface area (Å²) < 4.78 is 0. The Labute approximate surface area is 120 Å². The van der Waals surface area contributed by atoms with Gasteiger partial charge in [-0.05, 0) is 37.7 Å². The maximum atomic E-state index is 4.37. The maximum absolute atomic E-state index is 4.37. The molecule has 0 saturated heterocycles. The molecule has 1 aromatic heterocycles. The Hall–Kier alpha value is -1.61. The summed E-state index contributed by atoms with van der Waals surface area (Å²) in [6.45, 7) is 4.35. The number of aromatic nitrogens is 2. The molecule has 106 valence electrons. The maximum Gasteiger partial charge on any atom is 0.123 e. The van der Waals surface area contributed by atoms with Crippen molar-refractivity contribution in [3.8, 4) is 0 Å². The van der Waals surface area contributed by atoms with Crippen molar-refractivity contribution in [1.82, 2.24) is 15.3 Å². The van der Waals surface area contributed by atoms with Gasteiger partial charge in [-0.2, -0.15) is 0 Å². The number of benzene rings is 1. The Balaban J connectivity index is 1.54. The highest BCUT2D eigenvalue weighted by Gasteiger charge is 2.31. The van der Waals surface area contributed by atoms with E-state index in [2.05, 4.69) is 53.4 Å². The summed E-state index contributed by atoms with van der Waals surface area (Å²) in [7, 11) is 0. The Bertz CT molecular complexity index is 524. The van der Waals surface area contributed by atoms with Gasteiger partial charge >= 0.3 is 0 Å². The molecule has 1 unspecified atom stereocenters. The van der Waals surface area contributed by atoms with Crippen molar-refractivity contribution in [2.45, 2.75) is 51.1 Å². The molecule has 1 saturated carbocycles. The van der Waals surface area contributed by atoms with E-state index < -0.39 is 0 Å². The van der Waals surface area contributed by atoms with Crippen molar-refractivity contribution < 1.29 is 0 Å². The van der Waals surface area contributed by atoms with Crippen LogP contribution in [0.4, 0.5) is 0 Å². The largest absolute Gasteiger partial charge is 0.347 e. The SMILES string of the molecule is CCC(NC1CC(c2ccc(C)cc2)C1)c1ncc[nH]1. The lowest BCUT2D eigenvalue weighted by Crippen LogP contribution is -2.42. The number of rotatable bonds is 5. The normalized spacial score (nSPS) is 23.3. The van der Waals surface area contributed by atoms with Gasteiger partial charge in [0.25, 0.3) is 0 Å². The zero-order valence-corrected chi connectivity index (χ0v) is 12.3. The minimum absolute atomic E-state index is 0.356. The lowest BCUT2D eigenvalue weighted by Gasteiger charge is -2.38. The number of aromatic amines is 1. The second kappa shape index (κ2) is 5.80. The van der Waals surface area contributed by atoms with Crippen molar-refractivity contribution in [2.75, 3.05) is 0 Å². The van der Waals surface area contributed by atoms with E-state index in [1.54, 1.807) is 0 Å². The van der Waals surface area contributed by atoms with Gasteiger partial charge in [0.2, 0.25) is 0 Å². The molecule has 1 aliphatic rings. The topological polar surface area (TPSA) is 40.7 Å². The van der Waals surface area contributed by atoms with Crippen molar-refractivity contribution in [3.05, 3.63) is 53.6 Å². The number of imidazole rings is 1. The average molecular weight is 269 g/mol. The summed E-state index contributed by atoms with van der Waals surface area (Å²) in [5.41, 5.74) is 2.83. The molecule has 0 radical (unpaired) electrons. The Morgan fingerprint density at radius 3 is 2.65 bits per heavy atom. The van der Waals surface area contributed by atoms with E-state index in [1.165, 1.54) is 24.0 Å². The quantitative estimate of drug-likeness (QED) is 0.869. The number of H-pyrrole nitrogens is 1. The molecule has 0 bridgehead atoms. The van der Waals surface area contributed by atoms with Crippen LogP contribution in [0, 0.1) is 6.92 Å². The smallest absolute Gasteiger partial charge is 0.123 e. The number of nitrogens with one attached hydrogen (secondary N) is 2. The van der Waals surface area contributed by atoms with Crippen LogP contribution in [-0.2, 0) is 0 Å². The molecule has 2 N–H and O–H groups in total. The summed E-state index contributed by atoms with van der Waals surface area (Å²) in [4.78, 5) is 7.58. The first-order valence-corrected chi connectivity index (χ1v) is 7.58. The van der Waals surface area contributed by atoms with Crippen LogP contribution in [-0.4, -0.2) is 16.0 Å². The van der Waals surface area contributed by atoms with E-state index >= 15 is 0 Å². The zero-order chi connectivity index (χ0) is 13.9. The van der Waals surface area contributed by atoms with Gasteiger partial charge in [-0.15, -0.1) is 0 Å². The van der Waals surface area contributed by atoms with Gasteiger partial charge in [0.15, 0.2) is 0 Å². The van der Waals surface area contributed by atoms with Crippen LogP contribution in [0.1, 0.15) is 55.1 Å². The van der Waals surface area contributed by atoms with Gasteiger partial charge in [-0.1, -0.05) is 36.8 Å². The molecule has 1 atom stereocenters. The first-order valence-electron chi connectivity index (χ1n) is 7.58. The van der Waals surface area contributed by atoms with Crippen LogP contribution >= 0.6 is 0 Å². The first-order chi connectivity index (χ1) is 9.76. The van der Waals surface area contributed by atoms with E-state index in [0.717, 1.165) is 18.2 Å². The average Bonchev–Trinajstić information content (AvgIpc) is 2.93. The highest BCUT2D eigenvalue weighted by molar-refractivity contribution is 5.26. The summed E-state index contributed by atoms with van der Waals surface area (Å²) in [5.74, 6) is 1.79. The number of nitrogens with zero attached hydrogens (tertiary/aromatic N) is 1. The fraction of sp³-hybridized carbons (Fsp3) is 0.471. The first kappa shape index (κ1) is 13.4. The lowest BCUT2D eigenvalue weighted by atomic mass is 9.75. The molecule has 0 amide bonds. The predicted molar refractivity (Wildman–Crippen MR) is 81.7 cm³/mol. The van der Waals surface area contributed by atoms with Crippen molar-refractivity contribution in [3.63, 3.8) is 0 Å². The Morgan fingerprint density at radius 1 is 1.30 bits per heavy atom. The third-order valence-corrected chi connectivity index (χ3v) is 4.38. The Morgan fingerprint density at radius 2 is 2.05 bits per heavy atom. The minimum atomic E-state index is 0.356.